The standard InChI is InChI=1S/C18H28N2O/c1-18(2)14-20(12-15-7-6-10-21-13-15)17(11-19-18)16-8-4-3-5-9-16/h3-5,8-9,15,17,19H,6-7,10-14H2,1-2H3. The second-order valence-electron chi connectivity index (χ2n) is 7.20. The number of ether oxygens (including phenoxy) is 1. The van der Waals surface area contributed by atoms with Gasteiger partial charge in [-0.1, -0.05) is 30.3 Å². The Morgan fingerprint density at radius 1 is 1.29 bits per heavy atom. The van der Waals surface area contributed by atoms with Gasteiger partial charge in [0.05, 0.1) is 6.61 Å². The molecule has 0 amide bonds. The summed E-state index contributed by atoms with van der Waals surface area (Å²) in [6.45, 7) is 9.78. The van der Waals surface area contributed by atoms with Crippen molar-refractivity contribution in [3.63, 3.8) is 0 Å². The van der Waals surface area contributed by atoms with Crippen LogP contribution in [0.3, 0.4) is 0 Å². The zero-order valence-electron chi connectivity index (χ0n) is 13.3. The first-order valence-corrected chi connectivity index (χ1v) is 8.26. The van der Waals surface area contributed by atoms with Gasteiger partial charge < -0.3 is 10.1 Å². The molecule has 3 nitrogen and oxygen atoms in total. The number of nitrogens with zero attached hydrogens (tertiary/aromatic N) is 1. The summed E-state index contributed by atoms with van der Waals surface area (Å²) in [5, 5.41) is 3.70. The lowest BCUT2D eigenvalue weighted by Crippen LogP contribution is -2.59. The quantitative estimate of drug-likeness (QED) is 0.925. The Kier molecular flexibility index (Phi) is 4.63. The van der Waals surface area contributed by atoms with Gasteiger partial charge in [-0.3, -0.25) is 4.90 Å². The fraction of sp³-hybridized carbons (Fsp3) is 0.667. The molecule has 3 rings (SSSR count). The molecular weight excluding hydrogens is 260 g/mol. The van der Waals surface area contributed by atoms with E-state index in [0.29, 0.717) is 12.0 Å². The molecule has 2 fully saturated rings. The van der Waals surface area contributed by atoms with E-state index in [1.165, 1.54) is 18.4 Å². The van der Waals surface area contributed by atoms with E-state index < -0.39 is 0 Å². The molecule has 0 aliphatic carbocycles. The molecule has 0 saturated carbocycles. The van der Waals surface area contributed by atoms with Crippen molar-refractivity contribution >= 4 is 0 Å². The molecular formula is C18H28N2O. The molecule has 0 spiro atoms. The van der Waals surface area contributed by atoms with Crippen LogP contribution in [0.25, 0.3) is 0 Å². The van der Waals surface area contributed by atoms with E-state index in [2.05, 4.69) is 54.4 Å². The molecule has 1 aromatic rings. The third-order valence-corrected chi connectivity index (χ3v) is 4.74. The lowest BCUT2D eigenvalue weighted by molar-refractivity contribution is 0.0136. The van der Waals surface area contributed by atoms with Crippen LogP contribution < -0.4 is 5.32 Å². The van der Waals surface area contributed by atoms with Crippen molar-refractivity contribution < 1.29 is 4.74 Å². The Bertz CT molecular complexity index is 440. The number of piperazine rings is 1. The van der Waals surface area contributed by atoms with E-state index in [-0.39, 0.29) is 5.54 Å². The SMILES string of the molecule is CC1(C)CN(CC2CCCOC2)C(c2ccccc2)CN1. The molecule has 21 heavy (non-hydrogen) atoms. The summed E-state index contributed by atoms with van der Waals surface area (Å²) >= 11 is 0. The second kappa shape index (κ2) is 6.47. The first-order valence-electron chi connectivity index (χ1n) is 8.26. The van der Waals surface area contributed by atoms with E-state index in [9.17, 15) is 0 Å². The van der Waals surface area contributed by atoms with Gasteiger partial charge in [0.25, 0.3) is 0 Å². The molecule has 2 heterocycles. The van der Waals surface area contributed by atoms with Crippen LogP contribution in [0.15, 0.2) is 30.3 Å². The molecule has 0 bridgehead atoms. The third-order valence-electron chi connectivity index (χ3n) is 4.74. The number of benzene rings is 1. The van der Waals surface area contributed by atoms with E-state index in [0.717, 1.165) is 32.8 Å². The minimum absolute atomic E-state index is 0.195. The Balaban J connectivity index is 1.73. The summed E-state index contributed by atoms with van der Waals surface area (Å²) in [5.41, 5.74) is 1.62. The largest absolute Gasteiger partial charge is 0.381 e. The molecule has 1 aromatic carbocycles. The molecule has 0 radical (unpaired) electrons. The van der Waals surface area contributed by atoms with Gasteiger partial charge in [-0.05, 0) is 38.2 Å². The van der Waals surface area contributed by atoms with Crippen molar-refractivity contribution in [1.29, 1.82) is 0 Å². The maximum atomic E-state index is 5.67. The molecule has 2 saturated heterocycles. The summed E-state index contributed by atoms with van der Waals surface area (Å²) in [6.07, 6.45) is 2.53. The first kappa shape index (κ1) is 15.0. The Hall–Kier alpha value is -0.900. The van der Waals surface area contributed by atoms with Crippen molar-refractivity contribution in [2.45, 2.75) is 38.3 Å². The minimum Gasteiger partial charge on any atom is -0.381 e. The molecule has 1 N–H and O–H groups in total. The van der Waals surface area contributed by atoms with Crippen LogP contribution in [-0.2, 0) is 4.74 Å². The molecule has 3 heteroatoms. The molecule has 2 atom stereocenters. The lowest BCUT2D eigenvalue weighted by atomic mass is 9.92. The number of nitrogens with one attached hydrogen (secondary N) is 1. The maximum Gasteiger partial charge on any atom is 0.0506 e. The van der Waals surface area contributed by atoms with E-state index >= 15 is 0 Å². The highest BCUT2D eigenvalue weighted by Gasteiger charge is 2.34. The topological polar surface area (TPSA) is 24.5 Å². The number of rotatable bonds is 3. The highest BCUT2D eigenvalue weighted by Crippen LogP contribution is 2.29. The van der Waals surface area contributed by atoms with Crippen molar-refractivity contribution in [2.24, 2.45) is 5.92 Å². The predicted octanol–water partition coefficient (Wildman–Crippen LogP) is 2.84. The third kappa shape index (κ3) is 3.85. The Labute approximate surface area is 128 Å². The normalized spacial score (nSPS) is 30.2. The fourth-order valence-electron chi connectivity index (χ4n) is 3.65. The fourth-order valence-corrected chi connectivity index (χ4v) is 3.65. The smallest absolute Gasteiger partial charge is 0.0506 e. The summed E-state index contributed by atoms with van der Waals surface area (Å²) in [5.74, 6) is 0.693. The monoisotopic (exact) mass is 288 g/mol. The van der Waals surface area contributed by atoms with E-state index in [1.54, 1.807) is 0 Å². The average molecular weight is 288 g/mol. The Morgan fingerprint density at radius 3 is 2.81 bits per heavy atom. The van der Waals surface area contributed by atoms with Crippen LogP contribution in [0.2, 0.25) is 0 Å². The van der Waals surface area contributed by atoms with Crippen LogP contribution in [0, 0.1) is 5.92 Å². The van der Waals surface area contributed by atoms with E-state index in [1.807, 2.05) is 0 Å². The first-order chi connectivity index (χ1) is 10.1. The zero-order valence-corrected chi connectivity index (χ0v) is 13.3. The summed E-state index contributed by atoms with van der Waals surface area (Å²) in [7, 11) is 0. The Morgan fingerprint density at radius 2 is 2.10 bits per heavy atom. The van der Waals surface area contributed by atoms with Crippen molar-refractivity contribution in [3.05, 3.63) is 35.9 Å². The van der Waals surface area contributed by atoms with Gasteiger partial charge in [0.1, 0.15) is 0 Å². The van der Waals surface area contributed by atoms with Crippen LogP contribution in [0.1, 0.15) is 38.3 Å². The van der Waals surface area contributed by atoms with Crippen molar-refractivity contribution in [2.75, 3.05) is 32.8 Å². The highest BCUT2D eigenvalue weighted by atomic mass is 16.5. The zero-order chi connectivity index (χ0) is 14.7. The maximum absolute atomic E-state index is 5.67. The molecule has 116 valence electrons. The van der Waals surface area contributed by atoms with Crippen LogP contribution in [0.4, 0.5) is 0 Å². The van der Waals surface area contributed by atoms with Crippen molar-refractivity contribution in [3.8, 4) is 0 Å². The van der Waals surface area contributed by atoms with Gasteiger partial charge in [0.15, 0.2) is 0 Å². The average Bonchev–Trinajstić information content (AvgIpc) is 2.48. The van der Waals surface area contributed by atoms with Gasteiger partial charge in [0, 0.05) is 37.8 Å². The second-order valence-corrected chi connectivity index (χ2v) is 7.20. The molecule has 2 aliphatic rings. The summed E-state index contributed by atoms with van der Waals surface area (Å²) < 4.78 is 5.67. The predicted molar refractivity (Wildman–Crippen MR) is 86.4 cm³/mol. The molecule has 2 unspecified atom stereocenters. The summed E-state index contributed by atoms with van der Waals surface area (Å²) in [6, 6.07) is 11.4. The van der Waals surface area contributed by atoms with Gasteiger partial charge in [-0.2, -0.15) is 0 Å². The highest BCUT2D eigenvalue weighted by molar-refractivity contribution is 5.20. The van der Waals surface area contributed by atoms with Gasteiger partial charge in [-0.15, -0.1) is 0 Å². The van der Waals surface area contributed by atoms with Gasteiger partial charge in [0.2, 0.25) is 0 Å². The lowest BCUT2D eigenvalue weighted by Gasteiger charge is -2.46. The summed E-state index contributed by atoms with van der Waals surface area (Å²) in [4.78, 5) is 2.67. The van der Waals surface area contributed by atoms with Gasteiger partial charge >= 0.3 is 0 Å². The number of hydrogen-bond donors (Lipinski definition) is 1. The van der Waals surface area contributed by atoms with Crippen molar-refractivity contribution in [1.82, 2.24) is 10.2 Å². The van der Waals surface area contributed by atoms with Crippen LogP contribution in [-0.4, -0.2) is 43.3 Å². The van der Waals surface area contributed by atoms with E-state index in [4.69, 9.17) is 4.74 Å². The molecule has 2 aliphatic heterocycles. The molecule has 0 aromatic heterocycles. The van der Waals surface area contributed by atoms with Crippen LogP contribution in [0.5, 0.6) is 0 Å². The van der Waals surface area contributed by atoms with Crippen LogP contribution >= 0.6 is 0 Å². The minimum atomic E-state index is 0.195. The number of hydrogen-bond acceptors (Lipinski definition) is 3. The van der Waals surface area contributed by atoms with Gasteiger partial charge in [-0.25, -0.2) is 0 Å².